The summed E-state index contributed by atoms with van der Waals surface area (Å²) in [6.07, 6.45) is 8.13. The van der Waals surface area contributed by atoms with E-state index in [1.807, 2.05) is 43.0 Å². The van der Waals surface area contributed by atoms with E-state index in [9.17, 15) is 24.6 Å². The van der Waals surface area contributed by atoms with Crippen LogP contribution in [0.25, 0.3) is 0 Å². The Balaban J connectivity index is 1.33. The summed E-state index contributed by atoms with van der Waals surface area (Å²) in [5, 5.41) is 23.9. The summed E-state index contributed by atoms with van der Waals surface area (Å²) < 4.78 is 0. The number of amides is 4. The molecule has 5 atom stereocenters. The largest absolute Gasteiger partial charge is 0.465 e. The topological polar surface area (TPSA) is 117 Å². The van der Waals surface area contributed by atoms with Crippen molar-refractivity contribution in [2.45, 2.75) is 127 Å². The summed E-state index contributed by atoms with van der Waals surface area (Å²) in [5.41, 5.74) is 0.970. The first-order chi connectivity index (χ1) is 21.2. The molecule has 4 fully saturated rings. The Bertz CT molecular complexity index is 1130. The van der Waals surface area contributed by atoms with Crippen LogP contribution in [0.1, 0.15) is 83.6 Å². The third-order valence-electron chi connectivity index (χ3n) is 10.5. The molecule has 5 rings (SSSR count). The highest BCUT2D eigenvalue weighted by molar-refractivity contribution is 6.30. The Hall–Kier alpha value is -2.56. The maximum absolute atomic E-state index is 14.4. The van der Waals surface area contributed by atoms with E-state index in [0.717, 1.165) is 56.9 Å². The predicted molar refractivity (Wildman–Crippen MR) is 170 cm³/mol. The lowest BCUT2D eigenvalue weighted by molar-refractivity contribution is -0.139. The summed E-state index contributed by atoms with van der Waals surface area (Å²) in [4.78, 5) is 47.6. The monoisotopic (exact) mass is 631 g/mol. The van der Waals surface area contributed by atoms with Crippen molar-refractivity contribution in [3.05, 3.63) is 34.9 Å². The van der Waals surface area contributed by atoms with Crippen LogP contribution in [0.2, 0.25) is 5.02 Å². The van der Waals surface area contributed by atoms with E-state index in [-0.39, 0.29) is 49.2 Å². The zero-order valence-corrected chi connectivity index (χ0v) is 27.0. The number of hydrogen-bond donors (Lipinski definition) is 3. The lowest BCUT2D eigenvalue weighted by atomic mass is 9.89. The minimum absolute atomic E-state index is 0.0330. The van der Waals surface area contributed by atoms with Crippen LogP contribution >= 0.6 is 11.6 Å². The fourth-order valence-corrected chi connectivity index (χ4v) is 8.37. The van der Waals surface area contributed by atoms with E-state index >= 15 is 0 Å². The van der Waals surface area contributed by atoms with Crippen molar-refractivity contribution in [2.75, 3.05) is 26.2 Å². The van der Waals surface area contributed by atoms with E-state index in [4.69, 9.17) is 11.6 Å². The minimum Gasteiger partial charge on any atom is -0.465 e. The molecule has 3 heterocycles. The van der Waals surface area contributed by atoms with Gasteiger partial charge in [0.25, 0.3) is 0 Å². The number of likely N-dealkylation sites (tertiary alicyclic amines) is 1. The number of hydrogen-bond acceptors (Lipinski definition) is 5. The first-order valence-electron chi connectivity index (χ1n) is 16.7. The van der Waals surface area contributed by atoms with E-state index in [1.165, 1.54) is 11.3 Å². The quantitative estimate of drug-likeness (QED) is 0.348. The van der Waals surface area contributed by atoms with Crippen molar-refractivity contribution < 1.29 is 24.6 Å². The summed E-state index contributed by atoms with van der Waals surface area (Å²) in [6, 6.07) is 7.22. The van der Waals surface area contributed by atoms with Gasteiger partial charge in [-0.15, -0.1) is 0 Å². The second-order valence-electron chi connectivity index (χ2n) is 13.2. The first-order valence-corrected chi connectivity index (χ1v) is 17.1. The zero-order valence-electron chi connectivity index (χ0n) is 26.2. The Morgan fingerprint density at radius 3 is 2.18 bits per heavy atom. The van der Waals surface area contributed by atoms with Crippen LogP contribution in [0.3, 0.4) is 0 Å². The van der Waals surface area contributed by atoms with Gasteiger partial charge in [-0.3, -0.25) is 4.79 Å². The number of carbonyl (C=O) groups excluding carboxylic acids is 2. The molecule has 244 valence electrons. The van der Waals surface area contributed by atoms with Crippen molar-refractivity contribution in [1.82, 2.24) is 24.9 Å². The zero-order chi connectivity index (χ0) is 31.4. The molecule has 4 aliphatic rings. The number of aliphatic hydroxyl groups excluding tert-OH is 1. The summed E-state index contributed by atoms with van der Waals surface area (Å²) in [5.74, 6) is 0.0330. The Labute approximate surface area is 266 Å². The van der Waals surface area contributed by atoms with E-state index in [0.29, 0.717) is 31.0 Å². The molecule has 2 unspecified atom stereocenters. The SMILES string of the molecule is CCN(CC)C(=O)N(C1CCCCC1)C1CC2CCC(C1)N2C(=O)[C@@H](Cc1ccc(Cl)cc1)NC[C@@H]1C[C@@H](O)CN1C(=O)O. The van der Waals surface area contributed by atoms with Crippen LogP contribution < -0.4 is 5.32 Å². The van der Waals surface area contributed by atoms with E-state index < -0.39 is 24.3 Å². The summed E-state index contributed by atoms with van der Waals surface area (Å²) >= 11 is 6.13. The van der Waals surface area contributed by atoms with Gasteiger partial charge in [0.15, 0.2) is 0 Å². The third-order valence-corrected chi connectivity index (χ3v) is 10.7. The van der Waals surface area contributed by atoms with Gasteiger partial charge >= 0.3 is 12.1 Å². The third kappa shape index (κ3) is 7.29. The van der Waals surface area contributed by atoms with Crippen LogP contribution in [0.5, 0.6) is 0 Å². The molecular weight excluding hydrogens is 582 g/mol. The van der Waals surface area contributed by atoms with Crippen LogP contribution in [0.15, 0.2) is 24.3 Å². The second kappa shape index (κ2) is 14.7. The number of fused-ring (bicyclic) bond motifs is 2. The number of benzene rings is 1. The van der Waals surface area contributed by atoms with Gasteiger partial charge in [0, 0.05) is 48.8 Å². The predicted octanol–water partition coefficient (Wildman–Crippen LogP) is 4.57. The molecule has 11 heteroatoms. The van der Waals surface area contributed by atoms with Crippen molar-refractivity contribution in [3.63, 3.8) is 0 Å². The molecule has 0 spiro atoms. The number of urea groups is 1. The Kier molecular flexibility index (Phi) is 11.0. The average molecular weight is 632 g/mol. The van der Waals surface area contributed by atoms with Crippen molar-refractivity contribution in [1.29, 1.82) is 0 Å². The number of carbonyl (C=O) groups is 3. The number of nitrogens with one attached hydrogen (secondary N) is 1. The number of aliphatic hydroxyl groups is 1. The number of rotatable bonds is 10. The number of carboxylic acid groups (broad SMARTS) is 1. The van der Waals surface area contributed by atoms with Crippen molar-refractivity contribution >= 4 is 29.6 Å². The lowest BCUT2D eigenvalue weighted by Gasteiger charge is -2.48. The van der Waals surface area contributed by atoms with Crippen molar-refractivity contribution in [2.24, 2.45) is 0 Å². The molecule has 10 nitrogen and oxygen atoms in total. The fraction of sp³-hybridized carbons (Fsp3) is 0.727. The molecule has 1 aromatic carbocycles. The molecule has 44 heavy (non-hydrogen) atoms. The van der Waals surface area contributed by atoms with Gasteiger partial charge in [-0.05, 0) is 82.9 Å². The number of nitrogens with zero attached hydrogens (tertiary/aromatic N) is 4. The van der Waals surface area contributed by atoms with Crippen LogP contribution in [0.4, 0.5) is 9.59 Å². The Morgan fingerprint density at radius 1 is 0.955 bits per heavy atom. The van der Waals surface area contributed by atoms with E-state index in [1.54, 1.807) is 0 Å². The van der Waals surface area contributed by atoms with Crippen LogP contribution in [-0.2, 0) is 11.2 Å². The van der Waals surface area contributed by atoms with E-state index in [2.05, 4.69) is 15.1 Å². The van der Waals surface area contributed by atoms with Gasteiger partial charge < -0.3 is 35.1 Å². The molecular formula is C33H50ClN5O5. The molecule has 4 amide bonds. The molecule has 3 saturated heterocycles. The van der Waals surface area contributed by atoms with Gasteiger partial charge in [0.05, 0.1) is 24.7 Å². The highest BCUT2D eigenvalue weighted by Gasteiger charge is 2.48. The molecule has 0 aromatic heterocycles. The molecule has 1 aliphatic carbocycles. The van der Waals surface area contributed by atoms with Crippen LogP contribution in [-0.4, -0.2) is 116 Å². The van der Waals surface area contributed by atoms with Gasteiger partial charge in [0.2, 0.25) is 5.91 Å². The first kappa shape index (κ1) is 32.8. The van der Waals surface area contributed by atoms with Gasteiger partial charge in [0.1, 0.15) is 0 Å². The number of halogens is 1. The highest BCUT2D eigenvalue weighted by atomic mass is 35.5. The van der Waals surface area contributed by atoms with Gasteiger partial charge in [-0.25, -0.2) is 9.59 Å². The number of piperidine rings is 1. The minimum atomic E-state index is -1.06. The summed E-state index contributed by atoms with van der Waals surface area (Å²) in [6.45, 7) is 5.84. The Morgan fingerprint density at radius 2 is 1.59 bits per heavy atom. The summed E-state index contributed by atoms with van der Waals surface area (Å²) in [7, 11) is 0. The van der Waals surface area contributed by atoms with Crippen molar-refractivity contribution in [3.8, 4) is 0 Å². The standard InChI is InChI=1S/C33H50ClN5O5/c1-3-36(4-2)32(42)39(24-8-6-5-7-9-24)27-17-25-14-15-26(18-27)38(25)31(41)30(16-22-10-12-23(34)13-11-22)35-20-28-19-29(40)21-37(28)33(43)44/h10-13,24-30,35,40H,3-9,14-21H2,1-2H3,(H,43,44)/t25?,26?,27?,28-,29+,30+/m0/s1. The number of β-amino-alcohol motifs (C(OH)–C–C–N with tert-alkyl or cyclic N) is 1. The lowest BCUT2D eigenvalue weighted by Crippen LogP contribution is -2.61. The molecule has 3 aliphatic heterocycles. The smallest absolute Gasteiger partial charge is 0.407 e. The fourth-order valence-electron chi connectivity index (χ4n) is 8.24. The second-order valence-corrected chi connectivity index (χ2v) is 13.6. The molecule has 0 radical (unpaired) electrons. The normalized spacial score (nSPS) is 27.8. The van der Waals surface area contributed by atoms with Gasteiger partial charge in [-0.1, -0.05) is 43.0 Å². The maximum atomic E-state index is 14.4. The average Bonchev–Trinajstić information content (AvgIpc) is 3.52. The molecule has 3 N–H and O–H groups in total. The highest BCUT2D eigenvalue weighted by Crippen LogP contribution is 2.40. The maximum Gasteiger partial charge on any atom is 0.407 e. The van der Waals surface area contributed by atoms with Crippen LogP contribution in [0, 0.1) is 0 Å². The molecule has 1 aromatic rings. The molecule has 2 bridgehead atoms. The van der Waals surface area contributed by atoms with Gasteiger partial charge in [-0.2, -0.15) is 0 Å². The molecule has 1 saturated carbocycles.